The SMILES string of the molecule is Cc1c[c-]c(-n2[c-][n+](-c3ccc(C)cc3)c(C)c2C)cc1.Cc1c[c-]c(-n2[c-][n+](-c3ccc(C)cc3)c(C)c2C)cc1.FC(F)(F)c1cc(-c2ccccn2)[n-]n1.[Ir]. The fraction of sp³-hybridized carbons (Fsp3) is 0.191. The van der Waals surface area contributed by atoms with E-state index in [9.17, 15) is 13.2 Å². The first-order valence-electron chi connectivity index (χ1n) is 18.4. The molecule has 0 aliphatic carbocycles. The summed E-state index contributed by atoms with van der Waals surface area (Å²) in [5.74, 6) is 0. The van der Waals surface area contributed by atoms with Crippen molar-refractivity contribution in [1.82, 2.24) is 24.3 Å². The summed E-state index contributed by atoms with van der Waals surface area (Å²) in [4.78, 5) is 3.87. The maximum absolute atomic E-state index is 12.2. The van der Waals surface area contributed by atoms with E-state index in [0.717, 1.165) is 28.8 Å². The molecule has 0 saturated carbocycles. The van der Waals surface area contributed by atoms with Gasteiger partial charge in [0.25, 0.3) is 12.7 Å². The van der Waals surface area contributed by atoms with Gasteiger partial charge in [0.15, 0.2) is 0 Å². The smallest absolute Gasteiger partial charge is 0.431 e. The number of hydrogen-bond donors (Lipinski definition) is 0. The van der Waals surface area contributed by atoms with E-state index in [0.29, 0.717) is 5.69 Å². The Hall–Kier alpha value is -5.90. The van der Waals surface area contributed by atoms with Crippen molar-refractivity contribution < 1.29 is 42.4 Å². The van der Waals surface area contributed by atoms with E-state index in [1.165, 1.54) is 51.2 Å². The Morgan fingerprint density at radius 2 is 1.03 bits per heavy atom. The Morgan fingerprint density at radius 3 is 1.40 bits per heavy atom. The van der Waals surface area contributed by atoms with Crippen LogP contribution in [0.15, 0.2) is 115 Å². The topological polar surface area (TPSA) is 57.5 Å². The molecule has 0 unspecified atom stereocenters. The Morgan fingerprint density at radius 1 is 0.586 bits per heavy atom. The van der Waals surface area contributed by atoms with Gasteiger partial charge in [0.05, 0.1) is 22.8 Å². The monoisotopic (exact) mass is 955 g/mol. The molecular weight excluding hydrogens is 912 g/mol. The molecule has 0 saturated heterocycles. The standard InChI is InChI=1S/2C19H19N2.C9H5F3N3.Ir/c2*1-14-5-9-18(10-6-14)20-13-21(17(4)16(20)3)19-11-7-15(2)8-12-19;10-9(11,12)8-5-7(14-15-8)6-3-1-2-4-13-6;/h2*5-11H,1-4H3;1-5H;/q3*-1;. The van der Waals surface area contributed by atoms with Crippen LogP contribution in [0, 0.1) is 80.2 Å². The molecule has 7 nitrogen and oxygen atoms in total. The summed E-state index contributed by atoms with van der Waals surface area (Å²) < 4.78 is 44.9. The first-order chi connectivity index (χ1) is 27.2. The van der Waals surface area contributed by atoms with Crippen LogP contribution in [-0.4, -0.2) is 19.2 Å². The molecule has 1 radical (unpaired) electrons. The summed E-state index contributed by atoms with van der Waals surface area (Å²) in [6.45, 7) is 16.8. The number of nitrogens with zero attached hydrogens (tertiary/aromatic N) is 7. The predicted octanol–water partition coefficient (Wildman–Crippen LogP) is 9.29. The van der Waals surface area contributed by atoms with E-state index in [1.807, 2.05) is 12.1 Å². The summed E-state index contributed by atoms with van der Waals surface area (Å²) in [5, 5.41) is 6.47. The number of benzene rings is 4. The van der Waals surface area contributed by atoms with Crippen LogP contribution in [0.4, 0.5) is 13.2 Å². The van der Waals surface area contributed by atoms with E-state index in [1.54, 1.807) is 18.2 Å². The van der Waals surface area contributed by atoms with E-state index < -0.39 is 11.9 Å². The Kier molecular flexibility index (Phi) is 13.8. The third-order valence-electron chi connectivity index (χ3n) is 9.52. The Balaban J connectivity index is 0.000000167. The fourth-order valence-electron chi connectivity index (χ4n) is 5.85. The largest absolute Gasteiger partial charge is 0.573 e. The van der Waals surface area contributed by atoms with Crippen molar-refractivity contribution in [2.75, 3.05) is 0 Å². The van der Waals surface area contributed by atoms with E-state index in [2.05, 4.69) is 186 Å². The molecule has 58 heavy (non-hydrogen) atoms. The summed E-state index contributed by atoms with van der Waals surface area (Å²) in [6.07, 6.45) is 3.87. The molecule has 8 rings (SSSR count). The maximum atomic E-state index is 12.2. The minimum atomic E-state index is -4.46. The number of halogens is 3. The Bertz CT molecular complexity index is 2280. The van der Waals surface area contributed by atoms with Gasteiger partial charge in [-0.1, -0.05) is 61.0 Å². The predicted molar refractivity (Wildman–Crippen MR) is 214 cm³/mol. The summed E-state index contributed by atoms with van der Waals surface area (Å²) in [6, 6.07) is 41.8. The molecule has 0 aliphatic rings. The number of rotatable bonds is 5. The molecule has 299 valence electrons. The third kappa shape index (κ3) is 10.1. The van der Waals surface area contributed by atoms with Gasteiger partial charge in [-0.3, -0.25) is 14.1 Å². The van der Waals surface area contributed by atoms with Crippen molar-refractivity contribution in [2.45, 2.75) is 61.6 Å². The number of aryl methyl sites for hydroxylation is 4. The van der Waals surface area contributed by atoms with Gasteiger partial charge in [0.1, 0.15) is 5.69 Å². The molecule has 4 aromatic carbocycles. The summed E-state index contributed by atoms with van der Waals surface area (Å²) in [7, 11) is 0. The maximum Gasteiger partial charge on any atom is 0.431 e. The average molecular weight is 955 g/mol. The molecule has 0 spiro atoms. The van der Waals surface area contributed by atoms with Gasteiger partial charge >= 0.3 is 6.18 Å². The van der Waals surface area contributed by atoms with Crippen LogP contribution < -0.4 is 14.2 Å². The average Bonchev–Trinajstić information content (AvgIpc) is 3.91. The molecule has 4 heterocycles. The number of imidazole rings is 2. The summed E-state index contributed by atoms with van der Waals surface area (Å²) >= 11 is 0. The van der Waals surface area contributed by atoms with Gasteiger partial charge in [0, 0.05) is 43.4 Å². The van der Waals surface area contributed by atoms with E-state index in [-0.39, 0.29) is 25.8 Å². The number of pyridine rings is 1. The second-order valence-corrected chi connectivity index (χ2v) is 13.9. The zero-order valence-corrected chi connectivity index (χ0v) is 36.0. The van der Waals surface area contributed by atoms with Crippen LogP contribution in [0.2, 0.25) is 0 Å². The van der Waals surface area contributed by atoms with Crippen LogP contribution in [0.3, 0.4) is 0 Å². The second kappa shape index (κ2) is 18.6. The van der Waals surface area contributed by atoms with Crippen molar-refractivity contribution in [3.05, 3.63) is 191 Å². The first-order valence-corrected chi connectivity index (χ1v) is 18.4. The molecule has 0 N–H and O–H groups in total. The van der Waals surface area contributed by atoms with Gasteiger partial charge in [-0.15, -0.1) is 0 Å². The molecule has 0 aliphatic heterocycles. The summed E-state index contributed by atoms with van der Waals surface area (Å²) in [5.41, 5.74) is 13.5. The van der Waals surface area contributed by atoms with Crippen LogP contribution >= 0.6 is 0 Å². The number of aromatic nitrogens is 7. The third-order valence-corrected chi connectivity index (χ3v) is 9.52. The first kappa shape index (κ1) is 43.2. The van der Waals surface area contributed by atoms with E-state index >= 15 is 0 Å². The molecule has 4 aromatic heterocycles. The number of alkyl halides is 3. The van der Waals surface area contributed by atoms with Gasteiger partial charge in [-0.05, 0) is 95.4 Å². The van der Waals surface area contributed by atoms with Crippen molar-refractivity contribution in [2.24, 2.45) is 0 Å². The van der Waals surface area contributed by atoms with Crippen LogP contribution in [-0.2, 0) is 26.3 Å². The zero-order valence-electron chi connectivity index (χ0n) is 33.6. The van der Waals surface area contributed by atoms with Gasteiger partial charge in [-0.2, -0.15) is 72.8 Å². The normalized spacial score (nSPS) is 10.9. The molecule has 8 aromatic rings. The molecule has 0 fully saturated rings. The van der Waals surface area contributed by atoms with Crippen LogP contribution in [0.25, 0.3) is 34.1 Å². The zero-order chi connectivity index (χ0) is 40.9. The number of hydrogen-bond acceptors (Lipinski definition) is 2. The molecule has 0 amide bonds. The van der Waals surface area contributed by atoms with E-state index in [4.69, 9.17) is 0 Å². The molecule has 0 bridgehead atoms. The van der Waals surface area contributed by atoms with Crippen LogP contribution in [0.5, 0.6) is 0 Å². The quantitative estimate of drug-likeness (QED) is 0.128. The molecular formula is C47H43F3IrN7-3. The second-order valence-electron chi connectivity index (χ2n) is 13.9. The van der Waals surface area contributed by atoms with Crippen molar-refractivity contribution in [3.8, 4) is 34.1 Å². The van der Waals surface area contributed by atoms with Gasteiger partial charge in [-0.25, -0.2) is 0 Å². The van der Waals surface area contributed by atoms with Crippen molar-refractivity contribution >= 4 is 0 Å². The fourth-order valence-corrected chi connectivity index (χ4v) is 5.85. The van der Waals surface area contributed by atoms with Gasteiger partial charge < -0.3 is 19.3 Å². The minimum absolute atomic E-state index is 0. The minimum Gasteiger partial charge on any atom is -0.573 e. The molecule has 0 atom stereocenters. The van der Waals surface area contributed by atoms with Crippen molar-refractivity contribution in [3.63, 3.8) is 0 Å². The van der Waals surface area contributed by atoms with Crippen LogP contribution in [0.1, 0.15) is 50.7 Å². The Labute approximate surface area is 351 Å². The van der Waals surface area contributed by atoms with Crippen molar-refractivity contribution in [1.29, 1.82) is 0 Å². The van der Waals surface area contributed by atoms with Gasteiger partial charge in [0.2, 0.25) is 0 Å². The molecule has 11 heteroatoms.